The van der Waals surface area contributed by atoms with Crippen LogP contribution in [-0.2, 0) is 0 Å². The van der Waals surface area contributed by atoms with Gasteiger partial charge in [-0.2, -0.15) is 23.5 Å². The minimum Gasteiger partial charge on any atom is -0.458 e. The van der Waals surface area contributed by atoms with Crippen molar-refractivity contribution in [2.45, 2.75) is 35.6 Å². The quantitative estimate of drug-likeness (QED) is 0.646. The summed E-state index contributed by atoms with van der Waals surface area (Å²) in [5, 5.41) is 3.34. The molecule has 4 unspecified atom stereocenters. The molecule has 2 heterocycles. The molecule has 2 aromatic rings. The normalized spacial score (nSPS) is 27.9. The summed E-state index contributed by atoms with van der Waals surface area (Å²) in [4.78, 5) is 0. The van der Waals surface area contributed by atoms with Crippen LogP contribution in [0.4, 0.5) is 0 Å². The van der Waals surface area contributed by atoms with Crippen LogP contribution in [0, 0.1) is 0 Å². The van der Waals surface area contributed by atoms with E-state index in [0.717, 1.165) is 22.5 Å². The van der Waals surface area contributed by atoms with E-state index < -0.39 is 0 Å². The van der Waals surface area contributed by atoms with E-state index in [9.17, 15) is 0 Å². The predicted molar refractivity (Wildman–Crippen MR) is 94.0 cm³/mol. The van der Waals surface area contributed by atoms with E-state index in [4.69, 9.17) is 21.9 Å². The van der Waals surface area contributed by atoms with Crippen molar-refractivity contribution < 1.29 is 4.42 Å². The van der Waals surface area contributed by atoms with Crippen molar-refractivity contribution in [1.82, 2.24) is 5.43 Å². The lowest BCUT2D eigenvalue weighted by atomic mass is 10.1. The van der Waals surface area contributed by atoms with Gasteiger partial charge in [-0.1, -0.05) is 37.6 Å². The van der Waals surface area contributed by atoms with Crippen molar-refractivity contribution in [3.63, 3.8) is 0 Å². The van der Waals surface area contributed by atoms with Crippen molar-refractivity contribution in [3.8, 4) is 0 Å². The Kier molecular flexibility index (Phi) is 4.76. The van der Waals surface area contributed by atoms with Crippen LogP contribution in [0.5, 0.6) is 0 Å². The number of rotatable bonds is 3. The lowest BCUT2D eigenvalue weighted by molar-refractivity contribution is 0.435. The fourth-order valence-corrected chi connectivity index (χ4v) is 5.85. The summed E-state index contributed by atoms with van der Waals surface area (Å²) < 4.78 is 5.97. The standard InChI is InChI=1S/C15H19ClN2OS2/c1-8-9(2)21-13(7-20-8)14(18-17)12-6-10-4-3-5-11(16)15(10)19-12/h3-6,8-9,13-14,18H,7,17H2,1-2H3. The minimum atomic E-state index is 0.000849. The van der Waals surface area contributed by atoms with Gasteiger partial charge < -0.3 is 4.42 Å². The van der Waals surface area contributed by atoms with Gasteiger partial charge in [0.25, 0.3) is 0 Å². The van der Waals surface area contributed by atoms with Gasteiger partial charge in [0, 0.05) is 26.9 Å². The molecule has 1 saturated heterocycles. The first kappa shape index (κ1) is 15.6. The van der Waals surface area contributed by atoms with Gasteiger partial charge in [0.2, 0.25) is 0 Å². The molecule has 0 saturated carbocycles. The number of hydrogen-bond donors (Lipinski definition) is 2. The Hall–Kier alpha value is -0.330. The summed E-state index contributed by atoms with van der Waals surface area (Å²) in [5.41, 5.74) is 3.67. The van der Waals surface area contributed by atoms with Crippen LogP contribution in [0.1, 0.15) is 25.6 Å². The van der Waals surface area contributed by atoms with Crippen LogP contribution in [0.15, 0.2) is 28.7 Å². The van der Waals surface area contributed by atoms with Crippen LogP contribution in [-0.4, -0.2) is 21.5 Å². The maximum absolute atomic E-state index is 6.19. The van der Waals surface area contributed by atoms with Crippen LogP contribution >= 0.6 is 35.1 Å². The Labute approximate surface area is 138 Å². The third kappa shape index (κ3) is 3.08. The van der Waals surface area contributed by atoms with Gasteiger partial charge in [0.15, 0.2) is 5.58 Å². The minimum absolute atomic E-state index is 0.000849. The van der Waals surface area contributed by atoms with Gasteiger partial charge in [-0.3, -0.25) is 5.84 Å². The van der Waals surface area contributed by atoms with Gasteiger partial charge >= 0.3 is 0 Å². The Morgan fingerprint density at radius 3 is 2.86 bits per heavy atom. The van der Waals surface area contributed by atoms with Crippen molar-refractivity contribution >= 4 is 46.1 Å². The summed E-state index contributed by atoms with van der Waals surface area (Å²) in [7, 11) is 0. The van der Waals surface area contributed by atoms with Gasteiger partial charge in [-0.15, -0.1) is 0 Å². The summed E-state index contributed by atoms with van der Waals surface area (Å²) in [6.45, 7) is 4.56. The molecule has 21 heavy (non-hydrogen) atoms. The highest BCUT2D eigenvalue weighted by Crippen LogP contribution is 2.42. The van der Waals surface area contributed by atoms with E-state index in [1.165, 1.54) is 0 Å². The highest BCUT2D eigenvalue weighted by atomic mass is 35.5. The highest BCUT2D eigenvalue weighted by Gasteiger charge is 2.33. The maximum Gasteiger partial charge on any atom is 0.152 e. The molecule has 1 aromatic carbocycles. The maximum atomic E-state index is 6.19. The zero-order valence-electron chi connectivity index (χ0n) is 12.0. The van der Waals surface area contributed by atoms with Gasteiger partial charge in [0.1, 0.15) is 5.76 Å². The highest BCUT2D eigenvalue weighted by molar-refractivity contribution is 8.07. The number of furan rings is 1. The summed E-state index contributed by atoms with van der Waals surface area (Å²) in [5.74, 6) is 7.74. The molecule has 0 aliphatic carbocycles. The molecule has 1 aromatic heterocycles. The number of para-hydroxylation sites is 1. The van der Waals surface area contributed by atoms with Gasteiger partial charge in [0.05, 0.1) is 11.1 Å². The molecule has 0 amide bonds. The molecule has 3 N–H and O–H groups in total. The second-order valence-corrected chi connectivity index (χ2v) is 8.81. The van der Waals surface area contributed by atoms with Crippen molar-refractivity contribution in [1.29, 1.82) is 0 Å². The smallest absolute Gasteiger partial charge is 0.152 e. The van der Waals surface area contributed by atoms with Crippen LogP contribution in [0.2, 0.25) is 5.02 Å². The number of hydrazine groups is 1. The monoisotopic (exact) mass is 342 g/mol. The molecule has 3 rings (SSSR count). The summed E-state index contributed by atoms with van der Waals surface area (Å²) >= 11 is 10.2. The zero-order valence-corrected chi connectivity index (χ0v) is 14.4. The molecular formula is C15H19ClN2OS2. The van der Waals surface area contributed by atoms with Crippen molar-refractivity contribution in [3.05, 3.63) is 35.0 Å². The van der Waals surface area contributed by atoms with E-state index in [-0.39, 0.29) is 6.04 Å². The Balaban J connectivity index is 1.89. The average molecular weight is 343 g/mol. The Morgan fingerprint density at radius 2 is 2.19 bits per heavy atom. The van der Waals surface area contributed by atoms with E-state index in [1.54, 1.807) is 0 Å². The number of thioether (sulfide) groups is 2. The van der Waals surface area contributed by atoms with E-state index in [1.807, 2.05) is 47.8 Å². The molecule has 3 nitrogen and oxygen atoms in total. The largest absolute Gasteiger partial charge is 0.458 e. The average Bonchev–Trinajstić information content (AvgIpc) is 2.89. The summed E-state index contributed by atoms with van der Waals surface area (Å²) in [6, 6.07) is 7.83. The second-order valence-electron chi connectivity index (χ2n) is 5.37. The Bertz CT molecular complexity index is 633. The first-order valence-electron chi connectivity index (χ1n) is 7.01. The van der Waals surface area contributed by atoms with E-state index >= 15 is 0 Å². The van der Waals surface area contributed by atoms with Gasteiger partial charge in [-0.05, 0) is 12.1 Å². The number of halogens is 1. The molecule has 4 atom stereocenters. The first-order chi connectivity index (χ1) is 10.1. The van der Waals surface area contributed by atoms with Crippen LogP contribution in [0.3, 0.4) is 0 Å². The SMILES string of the molecule is CC1SCC(C(NN)c2cc3cccc(Cl)c3o2)SC1C. The Morgan fingerprint density at radius 1 is 1.38 bits per heavy atom. The molecule has 1 aliphatic heterocycles. The molecule has 1 aliphatic rings. The molecule has 6 heteroatoms. The van der Waals surface area contributed by atoms with E-state index in [0.29, 0.717) is 20.8 Å². The first-order valence-corrected chi connectivity index (χ1v) is 9.38. The van der Waals surface area contributed by atoms with E-state index in [2.05, 4.69) is 19.3 Å². The number of fused-ring (bicyclic) bond motifs is 1. The third-order valence-corrected chi connectivity index (χ3v) is 7.74. The molecule has 0 spiro atoms. The zero-order chi connectivity index (χ0) is 15.0. The third-order valence-electron chi connectivity index (χ3n) is 3.95. The number of benzene rings is 1. The van der Waals surface area contributed by atoms with Crippen molar-refractivity contribution in [2.24, 2.45) is 5.84 Å². The fourth-order valence-electron chi connectivity index (χ4n) is 2.56. The van der Waals surface area contributed by atoms with Crippen molar-refractivity contribution in [2.75, 3.05) is 5.75 Å². The van der Waals surface area contributed by atoms with Gasteiger partial charge in [-0.25, -0.2) is 5.43 Å². The topological polar surface area (TPSA) is 51.2 Å². The number of nitrogens with two attached hydrogens (primary N) is 1. The number of nitrogens with one attached hydrogen (secondary N) is 1. The molecule has 0 bridgehead atoms. The molecule has 1 fully saturated rings. The molecular weight excluding hydrogens is 324 g/mol. The predicted octanol–water partition coefficient (Wildman–Crippen LogP) is 4.22. The summed E-state index contributed by atoms with van der Waals surface area (Å²) in [6.07, 6.45) is 0. The van der Waals surface area contributed by atoms with Crippen LogP contribution < -0.4 is 11.3 Å². The second kappa shape index (κ2) is 6.42. The lowest BCUT2D eigenvalue weighted by Crippen LogP contribution is -2.40. The lowest BCUT2D eigenvalue weighted by Gasteiger charge is -2.34. The number of hydrogen-bond acceptors (Lipinski definition) is 5. The molecule has 114 valence electrons. The molecule has 0 radical (unpaired) electrons. The van der Waals surface area contributed by atoms with Crippen LogP contribution in [0.25, 0.3) is 11.0 Å². The fraction of sp³-hybridized carbons (Fsp3) is 0.467.